The van der Waals surface area contributed by atoms with Crippen LogP contribution in [0, 0.1) is 17.2 Å². The number of carbonyl (C=O) groups excluding carboxylic acids is 1. The number of carbonyl (C=O) groups is 1. The number of nitriles is 1. The summed E-state index contributed by atoms with van der Waals surface area (Å²) in [5.41, 5.74) is 5.30. The fourth-order valence-corrected chi connectivity index (χ4v) is 3.44. The van der Waals surface area contributed by atoms with Crippen LogP contribution in [-0.2, 0) is 4.79 Å². The van der Waals surface area contributed by atoms with E-state index in [1.165, 1.54) is 32.1 Å². The van der Waals surface area contributed by atoms with Gasteiger partial charge < -0.3 is 16.0 Å². The first kappa shape index (κ1) is 15.3. The van der Waals surface area contributed by atoms with Crippen LogP contribution in [0.25, 0.3) is 0 Å². The number of amides is 1. The van der Waals surface area contributed by atoms with Gasteiger partial charge in [-0.1, -0.05) is 32.1 Å². The molecule has 1 aliphatic heterocycles. The van der Waals surface area contributed by atoms with Crippen LogP contribution in [0.1, 0.15) is 44.9 Å². The van der Waals surface area contributed by atoms with Crippen molar-refractivity contribution in [3.05, 3.63) is 0 Å². The molecule has 5 nitrogen and oxygen atoms in total. The molecule has 3 N–H and O–H groups in total. The molecular weight excluding hydrogens is 252 g/mol. The summed E-state index contributed by atoms with van der Waals surface area (Å²) in [7, 11) is 1.97. The average molecular weight is 278 g/mol. The van der Waals surface area contributed by atoms with E-state index in [-0.39, 0.29) is 5.91 Å². The zero-order chi connectivity index (χ0) is 14.6. The van der Waals surface area contributed by atoms with Gasteiger partial charge in [0, 0.05) is 13.1 Å². The summed E-state index contributed by atoms with van der Waals surface area (Å²) >= 11 is 0. The molecule has 1 amide bonds. The van der Waals surface area contributed by atoms with E-state index in [0.717, 1.165) is 13.0 Å². The lowest BCUT2D eigenvalue weighted by Crippen LogP contribution is -2.54. The van der Waals surface area contributed by atoms with E-state index in [9.17, 15) is 10.1 Å². The fourth-order valence-electron chi connectivity index (χ4n) is 3.44. The van der Waals surface area contributed by atoms with E-state index in [4.69, 9.17) is 5.73 Å². The Labute approximate surface area is 121 Å². The molecule has 1 saturated heterocycles. The van der Waals surface area contributed by atoms with Crippen LogP contribution < -0.4 is 11.1 Å². The monoisotopic (exact) mass is 278 g/mol. The maximum atomic E-state index is 12.2. The van der Waals surface area contributed by atoms with E-state index >= 15 is 0 Å². The predicted octanol–water partition coefficient (Wildman–Crippen LogP) is 0.998. The standard InChI is InChI=1S/C15H26N4O/c1-19-8-7-15(10-16,11-19)18-14(20)13(17)9-12-5-3-2-4-6-12/h12-13H,2-9,11,17H2,1H3,(H,18,20). The van der Waals surface area contributed by atoms with Crippen LogP contribution >= 0.6 is 0 Å². The highest BCUT2D eigenvalue weighted by molar-refractivity contribution is 5.82. The largest absolute Gasteiger partial charge is 0.335 e. The third-order valence-corrected chi connectivity index (χ3v) is 4.69. The van der Waals surface area contributed by atoms with Crippen molar-refractivity contribution in [2.75, 3.05) is 20.1 Å². The quantitative estimate of drug-likeness (QED) is 0.803. The highest BCUT2D eigenvalue weighted by Gasteiger charge is 2.39. The minimum absolute atomic E-state index is 0.160. The van der Waals surface area contributed by atoms with E-state index in [0.29, 0.717) is 18.9 Å². The van der Waals surface area contributed by atoms with Gasteiger partial charge in [0.15, 0.2) is 0 Å². The highest BCUT2D eigenvalue weighted by atomic mass is 16.2. The molecule has 1 saturated carbocycles. The lowest BCUT2D eigenvalue weighted by atomic mass is 9.84. The summed E-state index contributed by atoms with van der Waals surface area (Å²) in [6.45, 7) is 1.43. The summed E-state index contributed by atoms with van der Waals surface area (Å²) < 4.78 is 0. The normalized spacial score (nSPS) is 29.9. The van der Waals surface area contributed by atoms with Crippen molar-refractivity contribution in [3.8, 4) is 6.07 Å². The summed E-state index contributed by atoms with van der Waals surface area (Å²) in [6, 6.07) is 1.79. The summed E-state index contributed by atoms with van der Waals surface area (Å²) in [4.78, 5) is 14.3. The number of likely N-dealkylation sites (N-methyl/N-ethyl adjacent to an activating group) is 1. The third-order valence-electron chi connectivity index (χ3n) is 4.69. The molecule has 2 unspecified atom stereocenters. The highest BCUT2D eigenvalue weighted by Crippen LogP contribution is 2.27. The van der Waals surface area contributed by atoms with E-state index in [1.54, 1.807) is 0 Å². The molecular formula is C15H26N4O. The second kappa shape index (κ2) is 6.55. The van der Waals surface area contributed by atoms with Gasteiger partial charge in [0.25, 0.3) is 0 Å². The van der Waals surface area contributed by atoms with Crippen LogP contribution in [0.3, 0.4) is 0 Å². The Bertz CT molecular complexity index is 386. The maximum absolute atomic E-state index is 12.2. The molecule has 2 aliphatic rings. The first-order chi connectivity index (χ1) is 9.54. The third kappa shape index (κ3) is 3.71. The summed E-state index contributed by atoms with van der Waals surface area (Å²) in [6.07, 6.45) is 7.63. The van der Waals surface area contributed by atoms with E-state index < -0.39 is 11.6 Å². The van der Waals surface area contributed by atoms with Gasteiger partial charge in [-0.3, -0.25) is 4.79 Å². The van der Waals surface area contributed by atoms with Gasteiger partial charge in [-0.2, -0.15) is 5.26 Å². The number of likely N-dealkylation sites (tertiary alicyclic amines) is 1. The van der Waals surface area contributed by atoms with Crippen LogP contribution in [0.4, 0.5) is 0 Å². The smallest absolute Gasteiger partial charge is 0.238 e. The van der Waals surface area contributed by atoms with Gasteiger partial charge in [-0.05, 0) is 25.8 Å². The number of nitrogens with zero attached hydrogens (tertiary/aromatic N) is 2. The topological polar surface area (TPSA) is 82.2 Å². The molecule has 0 aromatic heterocycles. The van der Waals surface area contributed by atoms with Crippen molar-refractivity contribution in [2.45, 2.75) is 56.5 Å². The molecule has 2 rings (SSSR count). The van der Waals surface area contributed by atoms with Gasteiger partial charge in [0.2, 0.25) is 5.91 Å². The molecule has 1 heterocycles. The van der Waals surface area contributed by atoms with Crippen LogP contribution in [0.5, 0.6) is 0 Å². The molecule has 112 valence electrons. The summed E-state index contributed by atoms with van der Waals surface area (Å²) in [5.74, 6) is 0.418. The van der Waals surface area contributed by atoms with Gasteiger partial charge in [-0.15, -0.1) is 0 Å². The van der Waals surface area contributed by atoms with Crippen molar-refractivity contribution < 1.29 is 4.79 Å². The van der Waals surface area contributed by atoms with Gasteiger partial charge >= 0.3 is 0 Å². The van der Waals surface area contributed by atoms with Gasteiger partial charge in [0.05, 0.1) is 12.1 Å². The van der Waals surface area contributed by atoms with Crippen molar-refractivity contribution in [1.29, 1.82) is 5.26 Å². The van der Waals surface area contributed by atoms with Crippen molar-refractivity contribution >= 4 is 5.91 Å². The van der Waals surface area contributed by atoms with Crippen molar-refractivity contribution in [1.82, 2.24) is 10.2 Å². The molecule has 0 spiro atoms. The molecule has 2 atom stereocenters. The fraction of sp³-hybridized carbons (Fsp3) is 0.867. The Morgan fingerprint density at radius 3 is 2.75 bits per heavy atom. The van der Waals surface area contributed by atoms with Crippen molar-refractivity contribution in [2.24, 2.45) is 11.7 Å². The minimum Gasteiger partial charge on any atom is -0.335 e. The number of hydrogen-bond acceptors (Lipinski definition) is 4. The van der Waals surface area contributed by atoms with Crippen LogP contribution in [0.2, 0.25) is 0 Å². The zero-order valence-electron chi connectivity index (χ0n) is 12.4. The molecule has 1 aliphatic carbocycles. The lowest BCUT2D eigenvalue weighted by molar-refractivity contribution is -0.124. The molecule has 0 bridgehead atoms. The number of hydrogen-bond donors (Lipinski definition) is 2. The lowest BCUT2D eigenvalue weighted by Gasteiger charge is -2.27. The Balaban J connectivity index is 1.85. The van der Waals surface area contributed by atoms with Crippen LogP contribution in [-0.4, -0.2) is 42.5 Å². The minimum atomic E-state index is -0.740. The molecule has 0 aromatic rings. The number of nitrogens with one attached hydrogen (secondary N) is 1. The average Bonchev–Trinajstić information content (AvgIpc) is 2.81. The molecule has 0 radical (unpaired) electrons. The zero-order valence-corrected chi connectivity index (χ0v) is 12.4. The van der Waals surface area contributed by atoms with E-state index in [1.807, 2.05) is 7.05 Å². The Morgan fingerprint density at radius 2 is 2.20 bits per heavy atom. The number of nitrogens with two attached hydrogens (primary N) is 1. The van der Waals surface area contributed by atoms with Crippen molar-refractivity contribution in [3.63, 3.8) is 0 Å². The molecule has 5 heteroatoms. The number of rotatable bonds is 4. The Hall–Kier alpha value is -1.12. The van der Waals surface area contributed by atoms with Gasteiger partial charge in [-0.25, -0.2) is 0 Å². The molecule has 0 aromatic carbocycles. The second-order valence-corrected chi connectivity index (χ2v) is 6.52. The molecule has 2 fully saturated rings. The SMILES string of the molecule is CN1CCC(C#N)(NC(=O)C(N)CC2CCCCC2)C1. The summed E-state index contributed by atoms with van der Waals surface area (Å²) in [5, 5.41) is 12.2. The maximum Gasteiger partial charge on any atom is 0.238 e. The van der Waals surface area contributed by atoms with Gasteiger partial charge in [0.1, 0.15) is 5.54 Å². The first-order valence-corrected chi connectivity index (χ1v) is 7.72. The Morgan fingerprint density at radius 1 is 1.50 bits per heavy atom. The second-order valence-electron chi connectivity index (χ2n) is 6.52. The molecule has 20 heavy (non-hydrogen) atoms. The Kier molecular flexibility index (Phi) is 5.00. The van der Waals surface area contributed by atoms with E-state index in [2.05, 4.69) is 16.3 Å². The first-order valence-electron chi connectivity index (χ1n) is 7.72. The predicted molar refractivity (Wildman–Crippen MR) is 77.8 cm³/mol. The van der Waals surface area contributed by atoms with Crippen LogP contribution in [0.15, 0.2) is 0 Å².